The van der Waals surface area contributed by atoms with Crippen LogP contribution in [0.4, 0.5) is 5.00 Å². The number of hydrogen-bond acceptors (Lipinski definition) is 8. The molecule has 10 nitrogen and oxygen atoms in total. The summed E-state index contributed by atoms with van der Waals surface area (Å²) in [6.07, 6.45) is 0. The normalized spacial score (nSPS) is 17.2. The maximum absolute atomic E-state index is 12.9. The molecular formula is C17H23N5O5S2. The van der Waals surface area contributed by atoms with Gasteiger partial charge in [0.05, 0.1) is 11.6 Å². The fourth-order valence-corrected chi connectivity index (χ4v) is 5.79. The molecule has 0 saturated carbocycles. The smallest absolute Gasteiger partial charge is 0.251 e. The number of carbonyl (C=O) groups is 2. The van der Waals surface area contributed by atoms with Crippen LogP contribution in [0.2, 0.25) is 0 Å². The van der Waals surface area contributed by atoms with Crippen molar-refractivity contribution in [3.63, 3.8) is 0 Å². The second-order valence-electron chi connectivity index (χ2n) is 6.79. The van der Waals surface area contributed by atoms with Gasteiger partial charge in [0, 0.05) is 26.2 Å². The lowest BCUT2D eigenvalue weighted by Gasteiger charge is -2.36. The number of primary amides is 1. The predicted octanol–water partition coefficient (Wildman–Crippen LogP) is 0.785. The number of carbonyl (C=O) groups excluding carboxylic acids is 2. The van der Waals surface area contributed by atoms with Gasteiger partial charge in [0.1, 0.15) is 15.6 Å². The molecule has 1 atom stereocenters. The molecule has 1 aliphatic rings. The fraction of sp³-hybridized carbons (Fsp3) is 0.471. The Morgan fingerprint density at radius 2 is 1.93 bits per heavy atom. The maximum atomic E-state index is 12.9. The van der Waals surface area contributed by atoms with Crippen molar-refractivity contribution in [2.24, 2.45) is 5.73 Å². The molecular weight excluding hydrogens is 418 g/mol. The minimum Gasteiger partial charge on any atom is -0.366 e. The zero-order valence-electron chi connectivity index (χ0n) is 16.3. The zero-order valence-corrected chi connectivity index (χ0v) is 18.0. The van der Waals surface area contributed by atoms with E-state index in [1.807, 2.05) is 4.90 Å². The highest BCUT2D eigenvalue weighted by Gasteiger charge is 2.35. The van der Waals surface area contributed by atoms with Crippen molar-refractivity contribution in [2.75, 3.05) is 31.5 Å². The van der Waals surface area contributed by atoms with Crippen LogP contribution in [0.3, 0.4) is 0 Å². The molecule has 0 aliphatic carbocycles. The maximum Gasteiger partial charge on any atom is 0.251 e. The first-order valence-electron chi connectivity index (χ1n) is 8.98. The molecule has 1 fully saturated rings. The number of amides is 2. The summed E-state index contributed by atoms with van der Waals surface area (Å²) in [5, 5.41) is 8.55. The van der Waals surface area contributed by atoms with Gasteiger partial charge < -0.3 is 15.6 Å². The molecule has 1 saturated heterocycles. The second-order valence-corrected chi connectivity index (χ2v) is 9.58. The molecule has 2 aromatic rings. The first-order valence-corrected chi connectivity index (χ1v) is 11.3. The molecule has 3 heterocycles. The molecule has 158 valence electrons. The van der Waals surface area contributed by atoms with E-state index in [1.54, 1.807) is 32.2 Å². The summed E-state index contributed by atoms with van der Waals surface area (Å²) < 4.78 is 32.2. The van der Waals surface area contributed by atoms with E-state index in [-0.39, 0.29) is 35.2 Å². The minimum atomic E-state index is -3.71. The number of hydrogen-bond donors (Lipinski definition) is 2. The van der Waals surface area contributed by atoms with E-state index in [1.165, 1.54) is 15.6 Å². The fourth-order valence-electron chi connectivity index (χ4n) is 3.29. The molecule has 2 aromatic heterocycles. The molecule has 0 spiro atoms. The van der Waals surface area contributed by atoms with Gasteiger partial charge in [-0.05, 0) is 32.2 Å². The van der Waals surface area contributed by atoms with Gasteiger partial charge in [-0.15, -0.1) is 11.3 Å². The van der Waals surface area contributed by atoms with Gasteiger partial charge in [-0.25, -0.2) is 8.42 Å². The number of nitrogens with one attached hydrogen (secondary N) is 1. The van der Waals surface area contributed by atoms with Gasteiger partial charge in [-0.3, -0.25) is 14.5 Å². The van der Waals surface area contributed by atoms with Gasteiger partial charge in [0.15, 0.2) is 5.76 Å². The first-order chi connectivity index (χ1) is 13.6. The van der Waals surface area contributed by atoms with Crippen LogP contribution in [0, 0.1) is 13.8 Å². The van der Waals surface area contributed by atoms with E-state index in [9.17, 15) is 18.0 Å². The van der Waals surface area contributed by atoms with Crippen LogP contribution in [0.25, 0.3) is 0 Å². The van der Waals surface area contributed by atoms with Gasteiger partial charge in [-0.1, -0.05) is 5.16 Å². The molecule has 3 rings (SSSR count). The Hall–Kier alpha value is -2.28. The summed E-state index contributed by atoms with van der Waals surface area (Å²) in [5.74, 6) is -0.622. The molecule has 0 radical (unpaired) electrons. The van der Waals surface area contributed by atoms with Crippen LogP contribution in [0.15, 0.2) is 20.9 Å². The number of sulfonamides is 1. The highest BCUT2D eigenvalue weighted by molar-refractivity contribution is 7.89. The SMILES string of the molecule is Cc1noc(C)c1S(=O)(=O)N1CCN([C@H](C)C(=O)Nc2sccc2C(N)=O)CC1. The average molecular weight is 442 g/mol. The summed E-state index contributed by atoms with van der Waals surface area (Å²) in [6.45, 7) is 6.18. The lowest BCUT2D eigenvalue weighted by molar-refractivity contribution is -0.121. The van der Waals surface area contributed by atoms with E-state index >= 15 is 0 Å². The first kappa shape index (κ1) is 21.4. The average Bonchev–Trinajstić information content (AvgIpc) is 3.27. The van der Waals surface area contributed by atoms with Crippen LogP contribution in [-0.4, -0.2) is 66.8 Å². The van der Waals surface area contributed by atoms with Crippen molar-refractivity contribution >= 4 is 38.2 Å². The summed E-state index contributed by atoms with van der Waals surface area (Å²) in [4.78, 5) is 26.0. The quantitative estimate of drug-likeness (QED) is 0.675. The number of piperazine rings is 1. The predicted molar refractivity (Wildman–Crippen MR) is 107 cm³/mol. The third-order valence-corrected chi connectivity index (χ3v) is 7.91. The highest BCUT2D eigenvalue weighted by Crippen LogP contribution is 2.25. The van der Waals surface area contributed by atoms with E-state index in [4.69, 9.17) is 10.3 Å². The molecule has 3 N–H and O–H groups in total. The molecule has 12 heteroatoms. The molecule has 2 amide bonds. The van der Waals surface area contributed by atoms with Gasteiger partial charge >= 0.3 is 0 Å². The summed E-state index contributed by atoms with van der Waals surface area (Å²) in [5.41, 5.74) is 5.91. The Morgan fingerprint density at radius 3 is 2.48 bits per heavy atom. The molecule has 29 heavy (non-hydrogen) atoms. The largest absolute Gasteiger partial charge is 0.366 e. The van der Waals surface area contributed by atoms with Crippen molar-refractivity contribution in [2.45, 2.75) is 31.7 Å². The Labute approximate surface area is 172 Å². The summed E-state index contributed by atoms with van der Waals surface area (Å²) >= 11 is 1.22. The number of aromatic nitrogens is 1. The number of thiophene rings is 1. The number of rotatable bonds is 6. The van der Waals surface area contributed by atoms with Crippen LogP contribution >= 0.6 is 11.3 Å². The topological polar surface area (TPSA) is 139 Å². The lowest BCUT2D eigenvalue weighted by atomic mass is 10.2. The number of anilines is 1. The number of nitrogens with two attached hydrogens (primary N) is 1. The van der Waals surface area contributed by atoms with Crippen molar-refractivity contribution < 1.29 is 22.5 Å². The van der Waals surface area contributed by atoms with Gasteiger partial charge in [0.2, 0.25) is 15.9 Å². The second kappa shape index (κ2) is 8.22. The Morgan fingerprint density at radius 1 is 1.28 bits per heavy atom. The number of nitrogens with zero attached hydrogens (tertiary/aromatic N) is 3. The highest BCUT2D eigenvalue weighted by atomic mass is 32.2. The zero-order chi connectivity index (χ0) is 21.3. The molecule has 0 bridgehead atoms. The third-order valence-electron chi connectivity index (χ3n) is 4.93. The van der Waals surface area contributed by atoms with Crippen LogP contribution in [0.5, 0.6) is 0 Å². The van der Waals surface area contributed by atoms with E-state index < -0.39 is 22.0 Å². The lowest BCUT2D eigenvalue weighted by Crippen LogP contribution is -2.54. The Balaban J connectivity index is 1.63. The number of aryl methyl sites for hydroxylation is 2. The van der Waals surface area contributed by atoms with Crippen molar-refractivity contribution in [1.29, 1.82) is 0 Å². The Bertz CT molecular complexity index is 1000. The van der Waals surface area contributed by atoms with Crippen LogP contribution in [-0.2, 0) is 14.8 Å². The molecule has 0 aromatic carbocycles. The van der Waals surface area contributed by atoms with E-state index in [0.717, 1.165) is 0 Å². The van der Waals surface area contributed by atoms with Crippen LogP contribution in [0.1, 0.15) is 28.7 Å². The van der Waals surface area contributed by atoms with E-state index in [0.29, 0.717) is 23.8 Å². The standard InChI is InChI=1S/C17H23N5O5S2/c1-10-14(12(3)27-20-10)29(25,26)22-7-5-21(6-8-22)11(2)16(24)19-17-13(15(18)23)4-9-28-17/h4,9,11H,5-8H2,1-3H3,(H2,18,23)(H,19,24)/t11-/m1/s1. The third kappa shape index (κ3) is 4.20. The van der Waals surface area contributed by atoms with Crippen molar-refractivity contribution in [3.05, 3.63) is 28.5 Å². The molecule has 0 unspecified atom stereocenters. The van der Waals surface area contributed by atoms with Gasteiger partial charge in [0.25, 0.3) is 5.91 Å². The molecule has 1 aliphatic heterocycles. The van der Waals surface area contributed by atoms with Crippen LogP contribution < -0.4 is 11.1 Å². The summed E-state index contributed by atoms with van der Waals surface area (Å²) in [6, 6.07) is 1.06. The summed E-state index contributed by atoms with van der Waals surface area (Å²) in [7, 11) is -3.71. The van der Waals surface area contributed by atoms with Gasteiger partial charge in [-0.2, -0.15) is 4.31 Å². The monoisotopic (exact) mass is 441 g/mol. The minimum absolute atomic E-state index is 0.105. The van der Waals surface area contributed by atoms with E-state index in [2.05, 4.69) is 10.5 Å². The van der Waals surface area contributed by atoms with Crippen molar-refractivity contribution in [3.8, 4) is 0 Å². The van der Waals surface area contributed by atoms with Crippen molar-refractivity contribution in [1.82, 2.24) is 14.4 Å². The Kier molecular flexibility index (Phi) is 6.08.